The number of hydrogen-bond donors (Lipinski definition) is 2. The number of phenols is 2. The second-order valence-corrected chi connectivity index (χ2v) is 12.2. The maximum atomic E-state index is 13.7. The average molecular weight is 709 g/mol. The molecule has 52 heavy (non-hydrogen) atoms. The Labute approximate surface area is 305 Å². The molecular weight excluding hydrogens is 660 g/mol. The van der Waals surface area contributed by atoms with Crippen molar-refractivity contribution in [1.82, 2.24) is 0 Å². The van der Waals surface area contributed by atoms with Gasteiger partial charge in [-0.1, -0.05) is 56.2 Å². The Morgan fingerprint density at radius 1 is 0.538 bits per heavy atom. The normalized spacial score (nSPS) is 10.9. The quantitative estimate of drug-likeness (QED) is 0.0451. The SMILES string of the molecule is CCCCCC(OC(=O)c1ccccc1C(=O)c1ccc(N(CC)CC)cc1O)OC(=O)c1ccccc1C(=O)c1ccc(N(CC)CC)cc1O. The van der Waals surface area contributed by atoms with Gasteiger partial charge in [0.2, 0.25) is 6.29 Å². The number of ether oxygens (including phenoxy) is 2. The Morgan fingerprint density at radius 2 is 0.923 bits per heavy atom. The number of hydrogen-bond acceptors (Lipinski definition) is 10. The zero-order valence-electron chi connectivity index (χ0n) is 30.6. The first-order valence-electron chi connectivity index (χ1n) is 17.9. The van der Waals surface area contributed by atoms with Crippen LogP contribution in [-0.2, 0) is 9.47 Å². The first-order valence-corrected chi connectivity index (χ1v) is 17.9. The average Bonchev–Trinajstić information content (AvgIpc) is 3.15. The van der Waals surface area contributed by atoms with Crippen LogP contribution in [0.3, 0.4) is 0 Å². The van der Waals surface area contributed by atoms with Gasteiger partial charge < -0.3 is 29.5 Å². The Bertz CT molecular complexity index is 1750. The largest absolute Gasteiger partial charge is 0.507 e. The van der Waals surface area contributed by atoms with E-state index in [1.54, 1.807) is 36.4 Å². The highest BCUT2D eigenvalue weighted by molar-refractivity contribution is 6.16. The molecule has 10 heteroatoms. The molecule has 274 valence electrons. The molecule has 0 fully saturated rings. The molecule has 0 saturated carbocycles. The van der Waals surface area contributed by atoms with Crippen LogP contribution in [0.5, 0.6) is 11.5 Å². The van der Waals surface area contributed by atoms with Gasteiger partial charge in [-0.3, -0.25) is 9.59 Å². The van der Waals surface area contributed by atoms with Gasteiger partial charge in [-0.15, -0.1) is 0 Å². The van der Waals surface area contributed by atoms with Crippen LogP contribution in [0.1, 0.15) is 113 Å². The lowest BCUT2D eigenvalue weighted by atomic mass is 9.97. The minimum Gasteiger partial charge on any atom is -0.507 e. The van der Waals surface area contributed by atoms with Crippen molar-refractivity contribution in [3.05, 3.63) is 118 Å². The van der Waals surface area contributed by atoms with Crippen LogP contribution < -0.4 is 9.80 Å². The monoisotopic (exact) mass is 708 g/mol. The predicted octanol–water partition coefficient (Wildman–Crippen LogP) is 8.17. The smallest absolute Gasteiger partial charge is 0.341 e. The summed E-state index contributed by atoms with van der Waals surface area (Å²) in [5, 5.41) is 21.6. The summed E-state index contributed by atoms with van der Waals surface area (Å²) < 4.78 is 11.5. The Kier molecular flexibility index (Phi) is 14.0. The highest BCUT2D eigenvalue weighted by Gasteiger charge is 2.28. The van der Waals surface area contributed by atoms with Gasteiger partial charge in [-0.05, 0) is 70.5 Å². The van der Waals surface area contributed by atoms with Crippen LogP contribution in [0.15, 0.2) is 84.9 Å². The summed E-state index contributed by atoms with van der Waals surface area (Å²) in [5.41, 5.74) is 1.48. The molecule has 0 bridgehead atoms. The number of phenolic OH excluding ortho intramolecular Hbond substituents is 2. The second kappa shape index (κ2) is 18.6. The maximum Gasteiger partial charge on any atom is 0.341 e. The Morgan fingerprint density at radius 3 is 1.27 bits per heavy atom. The summed E-state index contributed by atoms with van der Waals surface area (Å²) in [4.78, 5) is 58.7. The van der Waals surface area contributed by atoms with E-state index in [-0.39, 0.29) is 51.3 Å². The number of carbonyl (C=O) groups excluding carboxylic acids is 4. The summed E-state index contributed by atoms with van der Waals surface area (Å²) >= 11 is 0. The fourth-order valence-electron chi connectivity index (χ4n) is 6.07. The molecule has 4 aromatic rings. The van der Waals surface area contributed by atoms with Gasteiger partial charge in [-0.2, -0.15) is 0 Å². The van der Waals surface area contributed by atoms with E-state index in [0.717, 1.165) is 50.4 Å². The number of benzene rings is 4. The fourth-order valence-corrected chi connectivity index (χ4v) is 6.07. The lowest BCUT2D eigenvalue weighted by molar-refractivity contribution is -0.0838. The third-order valence-corrected chi connectivity index (χ3v) is 9.01. The summed E-state index contributed by atoms with van der Waals surface area (Å²) in [7, 11) is 0. The molecule has 10 nitrogen and oxygen atoms in total. The number of carbonyl (C=O) groups is 4. The van der Waals surface area contributed by atoms with Crippen LogP contribution in [-0.4, -0.2) is 66.2 Å². The highest BCUT2D eigenvalue weighted by Crippen LogP contribution is 2.30. The molecular formula is C42H48N2O8. The topological polar surface area (TPSA) is 134 Å². The molecule has 0 heterocycles. The zero-order valence-corrected chi connectivity index (χ0v) is 30.6. The molecule has 0 spiro atoms. The van der Waals surface area contributed by atoms with E-state index in [4.69, 9.17) is 9.47 Å². The van der Waals surface area contributed by atoms with Gasteiger partial charge in [0.1, 0.15) is 11.5 Å². The molecule has 0 atom stereocenters. The number of nitrogens with zero attached hydrogens (tertiary/aromatic N) is 2. The zero-order chi connectivity index (χ0) is 37.8. The van der Waals surface area contributed by atoms with Crippen molar-refractivity contribution in [1.29, 1.82) is 0 Å². The second-order valence-electron chi connectivity index (χ2n) is 12.2. The van der Waals surface area contributed by atoms with Gasteiger partial charge in [-0.25, -0.2) is 9.59 Å². The molecule has 0 aliphatic heterocycles. The van der Waals surface area contributed by atoms with Crippen LogP contribution in [0, 0.1) is 0 Å². The van der Waals surface area contributed by atoms with E-state index < -0.39 is 29.8 Å². The van der Waals surface area contributed by atoms with E-state index in [2.05, 4.69) is 0 Å². The van der Waals surface area contributed by atoms with E-state index in [1.165, 1.54) is 48.5 Å². The lowest BCUT2D eigenvalue weighted by Gasteiger charge is -2.22. The van der Waals surface area contributed by atoms with E-state index >= 15 is 0 Å². The highest BCUT2D eigenvalue weighted by atomic mass is 16.7. The van der Waals surface area contributed by atoms with Crippen LogP contribution in [0.2, 0.25) is 0 Å². The summed E-state index contributed by atoms with van der Waals surface area (Å²) in [6.07, 6.45) is 1.06. The molecule has 0 aliphatic rings. The third-order valence-electron chi connectivity index (χ3n) is 9.01. The van der Waals surface area contributed by atoms with Gasteiger partial charge in [0.25, 0.3) is 0 Å². The van der Waals surface area contributed by atoms with Crippen LogP contribution >= 0.6 is 0 Å². The van der Waals surface area contributed by atoms with Crippen molar-refractivity contribution in [3.63, 3.8) is 0 Å². The number of aromatic hydroxyl groups is 2. The van der Waals surface area contributed by atoms with E-state index in [0.29, 0.717) is 6.42 Å². The van der Waals surface area contributed by atoms with E-state index in [9.17, 15) is 29.4 Å². The fraction of sp³-hybridized carbons (Fsp3) is 0.333. The molecule has 4 aromatic carbocycles. The van der Waals surface area contributed by atoms with Gasteiger partial charge >= 0.3 is 11.9 Å². The number of ketones is 2. The minimum absolute atomic E-state index is 0.0137. The molecule has 2 N–H and O–H groups in total. The Hall–Kier alpha value is -5.64. The summed E-state index contributed by atoms with van der Waals surface area (Å²) in [6, 6.07) is 21.8. The molecule has 0 unspecified atom stereocenters. The third kappa shape index (κ3) is 9.17. The number of rotatable bonds is 18. The standard InChI is InChI=1S/C42H48N2O8/c1-6-11-12-21-38(51-41(49)32-19-15-13-17-30(32)39(47)34-24-22-28(26-36(34)45)43(7-2)8-3)52-42(50)33-20-16-14-18-31(33)40(48)35-25-23-29(27-37(35)46)44(9-4)10-5/h13-20,22-27,38,45-46H,6-12,21H2,1-5H3. The molecule has 4 rings (SSSR count). The van der Waals surface area contributed by atoms with Crippen molar-refractivity contribution in [2.75, 3.05) is 36.0 Å². The van der Waals surface area contributed by atoms with Gasteiger partial charge in [0.15, 0.2) is 11.6 Å². The first kappa shape index (κ1) is 39.2. The van der Waals surface area contributed by atoms with Gasteiger partial charge in [0.05, 0.1) is 22.3 Å². The number of unbranched alkanes of at least 4 members (excludes halogenated alkanes) is 2. The summed E-state index contributed by atoms with van der Waals surface area (Å²) in [5.74, 6) is -3.36. The summed E-state index contributed by atoms with van der Waals surface area (Å²) in [6.45, 7) is 12.9. The molecule has 0 aromatic heterocycles. The van der Waals surface area contributed by atoms with Crippen molar-refractivity contribution in [3.8, 4) is 11.5 Å². The van der Waals surface area contributed by atoms with Crippen molar-refractivity contribution in [2.24, 2.45) is 0 Å². The molecule has 0 aliphatic carbocycles. The van der Waals surface area contributed by atoms with Crippen molar-refractivity contribution in [2.45, 2.75) is 66.6 Å². The predicted molar refractivity (Wildman–Crippen MR) is 202 cm³/mol. The lowest BCUT2D eigenvalue weighted by Crippen LogP contribution is -2.27. The van der Waals surface area contributed by atoms with Gasteiger partial charge in [0, 0.05) is 67.2 Å². The molecule has 0 amide bonds. The first-order chi connectivity index (χ1) is 25.1. The van der Waals surface area contributed by atoms with Crippen molar-refractivity contribution < 1.29 is 38.9 Å². The molecule has 0 radical (unpaired) electrons. The molecule has 0 saturated heterocycles. The van der Waals surface area contributed by atoms with Crippen LogP contribution in [0.4, 0.5) is 11.4 Å². The Balaban J connectivity index is 1.58. The minimum atomic E-state index is -1.33. The number of anilines is 2. The number of esters is 2. The van der Waals surface area contributed by atoms with Crippen molar-refractivity contribution >= 4 is 34.9 Å². The van der Waals surface area contributed by atoms with Crippen LogP contribution in [0.25, 0.3) is 0 Å². The maximum absolute atomic E-state index is 13.7. The van der Waals surface area contributed by atoms with E-state index in [1.807, 2.05) is 44.4 Å².